The molecular weight excluding hydrogens is 348 g/mol. The van der Waals surface area contributed by atoms with Gasteiger partial charge < -0.3 is 10.4 Å². The van der Waals surface area contributed by atoms with Gasteiger partial charge in [-0.05, 0) is 44.2 Å². The number of hydrogen-bond donors (Lipinski definition) is 2. The summed E-state index contributed by atoms with van der Waals surface area (Å²) in [7, 11) is 0. The second-order valence-corrected chi connectivity index (χ2v) is 7.73. The summed E-state index contributed by atoms with van der Waals surface area (Å²) < 4.78 is 0. The Bertz CT molecular complexity index is 793. The fraction of sp³-hybridized carbons (Fsp3) is 0.478. The second kappa shape index (κ2) is 9.80. The van der Waals surface area contributed by atoms with Crippen molar-refractivity contribution in [2.45, 2.75) is 59.2 Å². The average molecular weight is 381 g/mol. The van der Waals surface area contributed by atoms with E-state index in [1.807, 2.05) is 19.1 Å². The van der Waals surface area contributed by atoms with E-state index >= 15 is 0 Å². The van der Waals surface area contributed by atoms with Crippen molar-refractivity contribution >= 4 is 11.9 Å². The average Bonchev–Trinajstić information content (AvgIpc) is 2.72. The van der Waals surface area contributed by atoms with Crippen LogP contribution in [-0.4, -0.2) is 39.1 Å². The van der Waals surface area contributed by atoms with Gasteiger partial charge in [-0.3, -0.25) is 4.90 Å². The lowest BCUT2D eigenvalue weighted by molar-refractivity contribution is 0.211. The Morgan fingerprint density at radius 2 is 1.86 bits per heavy atom. The number of allylic oxidation sites excluding steroid dienone is 1. The third-order valence-electron chi connectivity index (χ3n) is 5.57. The molecule has 2 aromatic rings. The predicted octanol–water partition coefficient (Wildman–Crippen LogP) is 4.17. The molecule has 5 nitrogen and oxygen atoms in total. The number of piperidine rings is 1. The second-order valence-electron chi connectivity index (χ2n) is 7.73. The Balaban J connectivity index is 1.58. The van der Waals surface area contributed by atoms with E-state index in [1.54, 1.807) is 6.33 Å². The molecule has 0 saturated carbocycles. The van der Waals surface area contributed by atoms with Crippen molar-refractivity contribution in [1.82, 2.24) is 14.9 Å². The van der Waals surface area contributed by atoms with E-state index < -0.39 is 0 Å². The number of aromatic nitrogens is 2. The zero-order chi connectivity index (χ0) is 19.9. The standard InChI is InChI=1S/C23H32N4O/c1-4-17(2)13-22-18(3)24-16-25-23(22)26-21-9-11-27(12-10-21)14-19-5-7-20(15-28)8-6-19/h5-8,13,16,21,28H,4,9-12,14-15H2,1-3H3,(H,24,25,26). The number of rotatable bonds is 7. The summed E-state index contributed by atoms with van der Waals surface area (Å²) >= 11 is 0. The monoisotopic (exact) mass is 380 g/mol. The van der Waals surface area contributed by atoms with E-state index in [1.165, 1.54) is 11.1 Å². The molecule has 2 heterocycles. The molecule has 0 bridgehead atoms. The van der Waals surface area contributed by atoms with Gasteiger partial charge in [-0.1, -0.05) is 42.8 Å². The number of aryl methyl sites for hydroxylation is 1. The highest BCUT2D eigenvalue weighted by Gasteiger charge is 2.20. The molecule has 150 valence electrons. The quantitative estimate of drug-likeness (QED) is 0.755. The number of nitrogens with one attached hydrogen (secondary N) is 1. The van der Waals surface area contributed by atoms with Gasteiger partial charge in [0.25, 0.3) is 0 Å². The van der Waals surface area contributed by atoms with Gasteiger partial charge in [0.05, 0.1) is 12.3 Å². The Morgan fingerprint density at radius 1 is 1.18 bits per heavy atom. The molecule has 0 spiro atoms. The van der Waals surface area contributed by atoms with E-state index in [0.717, 1.165) is 61.5 Å². The topological polar surface area (TPSA) is 61.3 Å². The molecule has 1 aliphatic rings. The van der Waals surface area contributed by atoms with E-state index in [0.29, 0.717) is 6.04 Å². The van der Waals surface area contributed by atoms with Crippen LogP contribution in [-0.2, 0) is 13.2 Å². The van der Waals surface area contributed by atoms with E-state index in [-0.39, 0.29) is 6.61 Å². The minimum Gasteiger partial charge on any atom is -0.392 e. The SMILES string of the molecule is CCC(C)=Cc1c(C)ncnc1NC1CCN(Cc2ccc(CO)cc2)CC1. The van der Waals surface area contributed by atoms with E-state index in [9.17, 15) is 0 Å². The molecule has 0 radical (unpaired) electrons. The molecule has 1 aromatic heterocycles. The van der Waals surface area contributed by atoms with Gasteiger partial charge in [-0.15, -0.1) is 0 Å². The largest absolute Gasteiger partial charge is 0.392 e. The fourth-order valence-corrected chi connectivity index (χ4v) is 3.56. The maximum atomic E-state index is 9.17. The molecule has 0 aliphatic carbocycles. The zero-order valence-electron chi connectivity index (χ0n) is 17.3. The fourth-order valence-electron chi connectivity index (χ4n) is 3.56. The Labute approximate surface area is 168 Å². The van der Waals surface area contributed by atoms with Crippen LogP contribution in [0.1, 0.15) is 55.5 Å². The van der Waals surface area contributed by atoms with Gasteiger partial charge in [0, 0.05) is 31.2 Å². The van der Waals surface area contributed by atoms with Gasteiger partial charge in [0.15, 0.2) is 0 Å². The molecule has 0 amide bonds. The molecule has 2 N–H and O–H groups in total. The summed E-state index contributed by atoms with van der Waals surface area (Å²) in [4.78, 5) is 11.4. The first-order valence-corrected chi connectivity index (χ1v) is 10.3. The Hall–Kier alpha value is -2.24. The number of benzene rings is 1. The van der Waals surface area contributed by atoms with Crippen LogP contribution in [0.3, 0.4) is 0 Å². The Morgan fingerprint density at radius 3 is 2.50 bits per heavy atom. The smallest absolute Gasteiger partial charge is 0.137 e. The van der Waals surface area contributed by atoms with Crippen LogP contribution in [0.2, 0.25) is 0 Å². The highest BCUT2D eigenvalue weighted by Crippen LogP contribution is 2.23. The summed E-state index contributed by atoms with van der Waals surface area (Å²) in [5, 5.41) is 12.8. The summed E-state index contributed by atoms with van der Waals surface area (Å²) in [6, 6.07) is 8.70. The molecule has 1 aromatic carbocycles. The normalized spacial score (nSPS) is 16.4. The van der Waals surface area contributed by atoms with Crippen molar-refractivity contribution in [3.8, 4) is 0 Å². The van der Waals surface area contributed by atoms with Gasteiger partial charge >= 0.3 is 0 Å². The molecular formula is C23H32N4O. The van der Waals surface area contributed by atoms with Crippen LogP contribution in [0.4, 0.5) is 5.82 Å². The summed E-state index contributed by atoms with van der Waals surface area (Å²) in [5.74, 6) is 0.957. The molecule has 1 fully saturated rings. The minimum absolute atomic E-state index is 0.106. The number of nitrogens with zero attached hydrogens (tertiary/aromatic N) is 3. The van der Waals surface area contributed by atoms with Crippen LogP contribution < -0.4 is 5.32 Å². The lowest BCUT2D eigenvalue weighted by Crippen LogP contribution is -2.39. The van der Waals surface area contributed by atoms with Crippen molar-refractivity contribution in [3.05, 3.63) is 58.6 Å². The first-order chi connectivity index (χ1) is 13.6. The van der Waals surface area contributed by atoms with Gasteiger partial charge in [-0.2, -0.15) is 0 Å². The third-order valence-corrected chi connectivity index (χ3v) is 5.57. The predicted molar refractivity (Wildman–Crippen MR) is 115 cm³/mol. The molecule has 0 unspecified atom stereocenters. The van der Waals surface area contributed by atoms with Crippen molar-refractivity contribution in [1.29, 1.82) is 0 Å². The zero-order valence-corrected chi connectivity index (χ0v) is 17.3. The Kier molecular flexibility index (Phi) is 7.18. The molecule has 5 heteroatoms. The lowest BCUT2D eigenvalue weighted by atomic mass is 10.0. The minimum atomic E-state index is 0.106. The highest BCUT2D eigenvalue weighted by atomic mass is 16.3. The summed E-state index contributed by atoms with van der Waals surface area (Å²) in [6.45, 7) is 9.59. The lowest BCUT2D eigenvalue weighted by Gasteiger charge is -2.33. The number of aliphatic hydroxyl groups is 1. The van der Waals surface area contributed by atoms with E-state index in [4.69, 9.17) is 5.11 Å². The molecule has 1 aliphatic heterocycles. The first-order valence-electron chi connectivity index (χ1n) is 10.3. The molecule has 28 heavy (non-hydrogen) atoms. The number of anilines is 1. The van der Waals surface area contributed by atoms with E-state index in [2.05, 4.69) is 52.2 Å². The van der Waals surface area contributed by atoms with Gasteiger partial charge in [0.2, 0.25) is 0 Å². The number of aliphatic hydroxyl groups excluding tert-OH is 1. The highest BCUT2D eigenvalue weighted by molar-refractivity contribution is 5.66. The van der Waals surface area contributed by atoms with Crippen LogP contribution in [0, 0.1) is 6.92 Å². The number of hydrogen-bond acceptors (Lipinski definition) is 5. The first kappa shape index (κ1) is 20.5. The van der Waals surface area contributed by atoms with Gasteiger partial charge in [-0.25, -0.2) is 9.97 Å². The van der Waals surface area contributed by atoms with Crippen molar-refractivity contribution in [2.24, 2.45) is 0 Å². The molecule has 1 saturated heterocycles. The summed E-state index contributed by atoms with van der Waals surface area (Å²) in [5.41, 5.74) is 5.75. The third kappa shape index (κ3) is 5.40. The van der Waals surface area contributed by atoms with Crippen LogP contribution in [0.25, 0.3) is 6.08 Å². The summed E-state index contributed by atoms with van der Waals surface area (Å²) in [6.07, 6.45) is 7.11. The molecule has 0 atom stereocenters. The van der Waals surface area contributed by atoms with Crippen LogP contribution in [0.15, 0.2) is 36.2 Å². The molecule has 3 rings (SSSR count). The van der Waals surface area contributed by atoms with Gasteiger partial charge in [0.1, 0.15) is 12.1 Å². The van der Waals surface area contributed by atoms with Crippen LogP contribution >= 0.6 is 0 Å². The van der Waals surface area contributed by atoms with Crippen molar-refractivity contribution < 1.29 is 5.11 Å². The van der Waals surface area contributed by atoms with Crippen molar-refractivity contribution in [2.75, 3.05) is 18.4 Å². The van der Waals surface area contributed by atoms with Crippen molar-refractivity contribution in [3.63, 3.8) is 0 Å². The maximum absolute atomic E-state index is 9.17. The van der Waals surface area contributed by atoms with Crippen LogP contribution in [0.5, 0.6) is 0 Å². The number of likely N-dealkylation sites (tertiary alicyclic amines) is 1. The maximum Gasteiger partial charge on any atom is 0.137 e.